The predicted octanol–water partition coefficient (Wildman–Crippen LogP) is 3.74. The molecule has 6 nitrogen and oxygen atoms in total. The van der Waals surface area contributed by atoms with Gasteiger partial charge in [-0.1, -0.05) is 36.7 Å². The first-order valence-electron chi connectivity index (χ1n) is 8.63. The van der Waals surface area contributed by atoms with Crippen LogP contribution < -0.4 is 5.32 Å². The Morgan fingerprint density at radius 2 is 2.00 bits per heavy atom. The number of fused-ring (bicyclic) bond motifs is 1. The summed E-state index contributed by atoms with van der Waals surface area (Å²) in [5.74, 6) is -0.151. The summed E-state index contributed by atoms with van der Waals surface area (Å²) in [4.78, 5) is 28.8. The Morgan fingerprint density at radius 3 is 2.74 bits per heavy atom. The number of esters is 1. The van der Waals surface area contributed by atoms with Crippen molar-refractivity contribution in [2.24, 2.45) is 0 Å². The number of nitrogens with one attached hydrogen (secondary N) is 1. The number of rotatable bonds is 6. The lowest BCUT2D eigenvalue weighted by Crippen LogP contribution is -2.23. The molecule has 0 bridgehead atoms. The zero-order chi connectivity index (χ0) is 19.4. The molecular formula is C20H20ClN3O3. The molecule has 27 heavy (non-hydrogen) atoms. The molecule has 0 saturated carbocycles. The van der Waals surface area contributed by atoms with E-state index in [9.17, 15) is 9.59 Å². The number of ether oxygens (including phenoxy) is 1. The first-order chi connectivity index (χ1) is 13.0. The highest BCUT2D eigenvalue weighted by Crippen LogP contribution is 2.22. The minimum atomic E-state index is -0.502. The van der Waals surface area contributed by atoms with Gasteiger partial charge in [0.15, 0.2) is 6.61 Å². The van der Waals surface area contributed by atoms with Crippen LogP contribution in [0.15, 0.2) is 42.5 Å². The third kappa shape index (κ3) is 4.46. The number of hydrogen-bond acceptors (Lipinski definition) is 4. The van der Waals surface area contributed by atoms with Gasteiger partial charge >= 0.3 is 5.97 Å². The van der Waals surface area contributed by atoms with Gasteiger partial charge in [-0.25, -0.2) is 4.98 Å². The molecule has 0 radical (unpaired) electrons. The molecule has 0 unspecified atom stereocenters. The van der Waals surface area contributed by atoms with Crippen LogP contribution in [0.5, 0.6) is 0 Å². The lowest BCUT2D eigenvalue weighted by molar-refractivity contribution is -0.147. The summed E-state index contributed by atoms with van der Waals surface area (Å²) in [6.07, 6.45) is 0.689. The van der Waals surface area contributed by atoms with E-state index in [4.69, 9.17) is 16.3 Å². The fourth-order valence-electron chi connectivity index (χ4n) is 2.80. The molecule has 140 valence electrons. The van der Waals surface area contributed by atoms with E-state index in [0.717, 1.165) is 22.4 Å². The lowest BCUT2D eigenvalue weighted by atomic mass is 10.2. The van der Waals surface area contributed by atoms with E-state index >= 15 is 0 Å². The highest BCUT2D eigenvalue weighted by molar-refractivity contribution is 6.33. The number of anilines is 1. The van der Waals surface area contributed by atoms with Gasteiger partial charge in [0.25, 0.3) is 5.91 Å². The number of imidazole rings is 1. The molecule has 3 aromatic rings. The van der Waals surface area contributed by atoms with Crippen molar-refractivity contribution in [1.82, 2.24) is 9.55 Å². The molecule has 1 aromatic heterocycles. The molecule has 1 N–H and O–H groups in total. The summed E-state index contributed by atoms with van der Waals surface area (Å²) in [6.45, 7) is 3.50. The van der Waals surface area contributed by atoms with Gasteiger partial charge in [0, 0.05) is 6.42 Å². The Kier molecular flexibility index (Phi) is 5.76. The van der Waals surface area contributed by atoms with Gasteiger partial charge in [0.1, 0.15) is 12.4 Å². The largest absolute Gasteiger partial charge is 0.454 e. The first-order valence-corrected chi connectivity index (χ1v) is 9.01. The molecular weight excluding hydrogens is 366 g/mol. The summed E-state index contributed by atoms with van der Waals surface area (Å²) >= 11 is 6.09. The third-order valence-electron chi connectivity index (χ3n) is 4.10. The van der Waals surface area contributed by atoms with Crippen LogP contribution in [0.3, 0.4) is 0 Å². The number of hydrogen-bond donors (Lipinski definition) is 1. The number of aromatic nitrogens is 2. The van der Waals surface area contributed by atoms with Gasteiger partial charge in [0.05, 0.1) is 21.7 Å². The highest BCUT2D eigenvalue weighted by Gasteiger charge is 2.15. The first kappa shape index (κ1) is 18.9. The van der Waals surface area contributed by atoms with Crippen LogP contribution in [0.25, 0.3) is 11.0 Å². The number of halogens is 1. The van der Waals surface area contributed by atoms with Crippen molar-refractivity contribution < 1.29 is 14.3 Å². The molecule has 0 atom stereocenters. The average Bonchev–Trinajstić information content (AvgIpc) is 3.00. The number of carbonyl (C=O) groups is 2. The fourth-order valence-corrected chi connectivity index (χ4v) is 3.08. The van der Waals surface area contributed by atoms with Crippen molar-refractivity contribution in [3.8, 4) is 0 Å². The number of benzene rings is 2. The van der Waals surface area contributed by atoms with E-state index < -0.39 is 11.9 Å². The van der Waals surface area contributed by atoms with Crippen molar-refractivity contribution in [3.05, 3.63) is 58.9 Å². The van der Waals surface area contributed by atoms with Crippen molar-refractivity contribution >= 4 is 40.2 Å². The van der Waals surface area contributed by atoms with Crippen LogP contribution in [-0.2, 0) is 27.3 Å². The van der Waals surface area contributed by atoms with Gasteiger partial charge in [-0.2, -0.15) is 0 Å². The molecule has 2 aromatic carbocycles. The summed E-state index contributed by atoms with van der Waals surface area (Å²) in [5.41, 5.74) is 3.16. The Hall–Kier alpha value is -2.86. The molecule has 0 spiro atoms. The third-order valence-corrected chi connectivity index (χ3v) is 4.41. The standard InChI is InChI=1S/C20H20ClN3O3/c1-3-18-22-16-6-4-5-7-17(16)24(18)11-20(26)27-12-19(25)23-15-9-8-13(2)10-14(15)21/h4-10H,3,11-12H2,1-2H3,(H,23,25). The molecule has 1 amide bonds. The molecule has 3 rings (SSSR count). The van der Waals surface area contributed by atoms with Gasteiger partial charge in [-0.3, -0.25) is 9.59 Å². The molecule has 0 saturated heterocycles. The zero-order valence-electron chi connectivity index (χ0n) is 15.2. The smallest absolute Gasteiger partial charge is 0.326 e. The minimum Gasteiger partial charge on any atom is -0.454 e. The van der Waals surface area contributed by atoms with Gasteiger partial charge in [0.2, 0.25) is 0 Å². The number of para-hydroxylation sites is 2. The van der Waals surface area contributed by atoms with Crippen LogP contribution in [0, 0.1) is 6.92 Å². The topological polar surface area (TPSA) is 73.2 Å². The summed E-state index contributed by atoms with van der Waals surface area (Å²) < 4.78 is 6.93. The molecule has 0 aliphatic heterocycles. The number of carbonyl (C=O) groups excluding carboxylic acids is 2. The van der Waals surface area contributed by atoms with Crippen LogP contribution in [0.1, 0.15) is 18.3 Å². The molecule has 1 heterocycles. The second-order valence-corrected chi connectivity index (χ2v) is 6.56. The van der Waals surface area contributed by atoms with E-state index in [1.54, 1.807) is 12.1 Å². The fraction of sp³-hybridized carbons (Fsp3) is 0.250. The van der Waals surface area contributed by atoms with Crippen LogP contribution in [0.4, 0.5) is 5.69 Å². The molecule has 7 heteroatoms. The van der Waals surface area contributed by atoms with E-state index in [-0.39, 0.29) is 13.2 Å². The number of aryl methyl sites for hydroxylation is 2. The molecule has 0 aliphatic carbocycles. The number of nitrogens with zero attached hydrogens (tertiary/aromatic N) is 2. The van der Waals surface area contributed by atoms with Crippen molar-refractivity contribution in [2.75, 3.05) is 11.9 Å². The van der Waals surface area contributed by atoms with Crippen molar-refractivity contribution in [1.29, 1.82) is 0 Å². The second kappa shape index (κ2) is 8.22. The van der Waals surface area contributed by atoms with Crippen LogP contribution in [0.2, 0.25) is 5.02 Å². The molecule has 0 fully saturated rings. The Balaban J connectivity index is 1.61. The highest BCUT2D eigenvalue weighted by atomic mass is 35.5. The zero-order valence-corrected chi connectivity index (χ0v) is 15.9. The van der Waals surface area contributed by atoms with E-state index in [1.165, 1.54) is 0 Å². The Bertz CT molecular complexity index is 997. The number of amides is 1. The Labute approximate surface area is 162 Å². The van der Waals surface area contributed by atoms with Crippen LogP contribution in [-0.4, -0.2) is 28.0 Å². The monoisotopic (exact) mass is 385 g/mol. The minimum absolute atomic E-state index is 0.00224. The van der Waals surface area contributed by atoms with E-state index in [2.05, 4.69) is 10.3 Å². The van der Waals surface area contributed by atoms with Gasteiger partial charge < -0.3 is 14.6 Å². The normalized spacial score (nSPS) is 10.8. The Morgan fingerprint density at radius 1 is 1.22 bits per heavy atom. The maximum absolute atomic E-state index is 12.2. The molecule has 0 aliphatic rings. The van der Waals surface area contributed by atoms with Crippen molar-refractivity contribution in [2.45, 2.75) is 26.8 Å². The predicted molar refractivity (Wildman–Crippen MR) is 105 cm³/mol. The van der Waals surface area contributed by atoms with Crippen molar-refractivity contribution in [3.63, 3.8) is 0 Å². The summed E-state index contributed by atoms with van der Waals surface area (Å²) in [7, 11) is 0. The van der Waals surface area contributed by atoms with Gasteiger partial charge in [-0.15, -0.1) is 0 Å². The maximum Gasteiger partial charge on any atom is 0.326 e. The van der Waals surface area contributed by atoms with E-state index in [1.807, 2.05) is 48.7 Å². The van der Waals surface area contributed by atoms with E-state index in [0.29, 0.717) is 17.1 Å². The summed E-state index contributed by atoms with van der Waals surface area (Å²) in [5, 5.41) is 3.07. The SMILES string of the molecule is CCc1nc2ccccc2n1CC(=O)OCC(=O)Nc1ccc(C)cc1Cl. The van der Waals surface area contributed by atoms with Gasteiger partial charge in [-0.05, 0) is 36.8 Å². The second-order valence-electron chi connectivity index (χ2n) is 6.15. The summed E-state index contributed by atoms with van der Waals surface area (Å²) in [6, 6.07) is 12.9. The lowest BCUT2D eigenvalue weighted by Gasteiger charge is -2.10. The maximum atomic E-state index is 12.2. The quantitative estimate of drug-likeness (QED) is 0.656. The average molecular weight is 386 g/mol. The van der Waals surface area contributed by atoms with Crippen LogP contribution >= 0.6 is 11.6 Å².